The van der Waals surface area contributed by atoms with Crippen molar-refractivity contribution in [1.82, 2.24) is 0 Å². The van der Waals surface area contributed by atoms with Gasteiger partial charge in [-0.05, 0) is 42.3 Å². The Kier molecular flexibility index (Phi) is 3.73. The second kappa shape index (κ2) is 5.83. The van der Waals surface area contributed by atoms with Gasteiger partial charge in [0.15, 0.2) is 17.3 Å². The first kappa shape index (κ1) is 13.4. The van der Waals surface area contributed by atoms with Gasteiger partial charge in [0.05, 0.1) is 0 Å². The summed E-state index contributed by atoms with van der Waals surface area (Å²) in [5, 5.41) is 0. The van der Waals surface area contributed by atoms with Crippen LogP contribution in [-0.2, 0) is 0 Å². The molecule has 0 spiro atoms. The number of benzene rings is 2. The van der Waals surface area contributed by atoms with Crippen LogP contribution in [0.3, 0.4) is 0 Å². The molecule has 0 amide bonds. The molecule has 1 aliphatic rings. The van der Waals surface area contributed by atoms with Gasteiger partial charge in [-0.3, -0.25) is 4.79 Å². The number of ether oxygens (including phenoxy) is 2. The third-order valence-corrected chi connectivity index (χ3v) is 3.43. The largest absolute Gasteiger partial charge is 0.486 e. The van der Waals surface area contributed by atoms with E-state index in [1.54, 1.807) is 24.3 Å². The van der Waals surface area contributed by atoms with Gasteiger partial charge in [-0.2, -0.15) is 0 Å². The van der Waals surface area contributed by atoms with Crippen LogP contribution in [0, 0.1) is 6.92 Å². The van der Waals surface area contributed by atoms with Gasteiger partial charge in [-0.15, -0.1) is 0 Å². The molecule has 0 saturated heterocycles. The van der Waals surface area contributed by atoms with E-state index in [0.717, 1.165) is 11.1 Å². The van der Waals surface area contributed by atoms with Crippen LogP contribution in [0.25, 0.3) is 6.08 Å². The van der Waals surface area contributed by atoms with Crippen molar-refractivity contribution < 1.29 is 14.3 Å². The minimum atomic E-state index is -0.0461. The molecule has 0 radical (unpaired) electrons. The average Bonchev–Trinajstić information content (AvgIpc) is 2.53. The molecule has 0 fully saturated rings. The Bertz CT molecular complexity index is 701. The number of carbonyl (C=O) groups is 1. The van der Waals surface area contributed by atoms with Crippen molar-refractivity contribution in [3.8, 4) is 11.5 Å². The van der Waals surface area contributed by atoms with E-state index in [1.165, 1.54) is 0 Å². The number of allylic oxidation sites excluding steroid dienone is 1. The summed E-state index contributed by atoms with van der Waals surface area (Å²) < 4.78 is 10.9. The summed E-state index contributed by atoms with van der Waals surface area (Å²) >= 11 is 0. The summed E-state index contributed by atoms with van der Waals surface area (Å²) in [6.07, 6.45) is 3.43. The zero-order valence-electron chi connectivity index (χ0n) is 11.8. The smallest absolute Gasteiger partial charge is 0.185 e. The van der Waals surface area contributed by atoms with E-state index in [9.17, 15) is 4.79 Å². The zero-order chi connectivity index (χ0) is 14.7. The molecule has 3 rings (SSSR count). The second-order valence-corrected chi connectivity index (χ2v) is 4.91. The van der Waals surface area contributed by atoms with Crippen LogP contribution in [0.4, 0.5) is 0 Å². The third-order valence-electron chi connectivity index (χ3n) is 3.43. The molecular formula is C18H16O3. The molecule has 0 atom stereocenters. The highest BCUT2D eigenvalue weighted by Gasteiger charge is 2.13. The van der Waals surface area contributed by atoms with Gasteiger partial charge in [0, 0.05) is 5.56 Å². The Balaban J connectivity index is 1.81. The molecule has 21 heavy (non-hydrogen) atoms. The molecule has 1 heterocycles. The molecule has 0 N–H and O–H groups in total. The number of hydrogen-bond donors (Lipinski definition) is 0. The van der Waals surface area contributed by atoms with Gasteiger partial charge in [0.25, 0.3) is 0 Å². The lowest BCUT2D eigenvalue weighted by Crippen LogP contribution is -2.15. The second-order valence-electron chi connectivity index (χ2n) is 4.91. The summed E-state index contributed by atoms with van der Waals surface area (Å²) in [5.41, 5.74) is 2.79. The number of rotatable bonds is 3. The lowest BCUT2D eigenvalue weighted by Gasteiger charge is -2.18. The highest BCUT2D eigenvalue weighted by Crippen LogP contribution is 2.31. The fourth-order valence-electron chi connectivity index (χ4n) is 2.23. The third kappa shape index (κ3) is 2.97. The summed E-state index contributed by atoms with van der Waals surface area (Å²) in [7, 11) is 0. The zero-order valence-corrected chi connectivity index (χ0v) is 11.8. The first-order valence-electron chi connectivity index (χ1n) is 6.92. The van der Waals surface area contributed by atoms with Crippen molar-refractivity contribution >= 4 is 11.9 Å². The Morgan fingerprint density at radius 2 is 1.81 bits per heavy atom. The monoisotopic (exact) mass is 280 g/mol. The number of ketones is 1. The Morgan fingerprint density at radius 3 is 2.62 bits per heavy atom. The lowest BCUT2D eigenvalue weighted by atomic mass is 10.1. The van der Waals surface area contributed by atoms with Crippen LogP contribution in [0.2, 0.25) is 0 Å². The lowest BCUT2D eigenvalue weighted by molar-refractivity contribution is 0.104. The molecule has 3 heteroatoms. The van der Waals surface area contributed by atoms with Crippen LogP contribution in [0.15, 0.2) is 48.5 Å². The van der Waals surface area contributed by atoms with E-state index < -0.39 is 0 Å². The standard InChI is InChI=1S/C18H16O3/c1-13-4-2-3-5-14(13)6-8-16(19)15-7-9-17-18(12-15)21-11-10-20-17/h2-9,12H,10-11H2,1H3/b8-6+. The SMILES string of the molecule is Cc1ccccc1/C=C/C(=O)c1ccc2c(c1)OCCO2. The van der Waals surface area contributed by atoms with E-state index in [1.807, 2.05) is 37.3 Å². The van der Waals surface area contributed by atoms with Crippen LogP contribution in [-0.4, -0.2) is 19.0 Å². The number of aryl methyl sites for hydroxylation is 1. The molecule has 0 unspecified atom stereocenters. The van der Waals surface area contributed by atoms with Crippen molar-refractivity contribution in [3.05, 3.63) is 65.2 Å². The molecule has 0 bridgehead atoms. The van der Waals surface area contributed by atoms with Crippen molar-refractivity contribution in [3.63, 3.8) is 0 Å². The van der Waals surface area contributed by atoms with Crippen molar-refractivity contribution in [1.29, 1.82) is 0 Å². The first-order chi connectivity index (χ1) is 10.2. The average molecular weight is 280 g/mol. The van der Waals surface area contributed by atoms with Gasteiger partial charge in [0.1, 0.15) is 13.2 Å². The first-order valence-corrected chi connectivity index (χ1v) is 6.92. The molecule has 0 aromatic heterocycles. The summed E-state index contributed by atoms with van der Waals surface area (Å²) in [4.78, 5) is 12.2. The van der Waals surface area contributed by atoms with Gasteiger partial charge in [-0.25, -0.2) is 0 Å². The van der Waals surface area contributed by atoms with Gasteiger partial charge < -0.3 is 9.47 Å². The summed E-state index contributed by atoms with van der Waals surface area (Å²) in [5.74, 6) is 1.28. The van der Waals surface area contributed by atoms with Crippen LogP contribution < -0.4 is 9.47 Å². The van der Waals surface area contributed by atoms with Crippen LogP contribution >= 0.6 is 0 Å². The maximum atomic E-state index is 12.2. The van der Waals surface area contributed by atoms with Crippen molar-refractivity contribution in [2.75, 3.05) is 13.2 Å². The maximum Gasteiger partial charge on any atom is 0.185 e. The normalized spacial score (nSPS) is 13.4. The van der Waals surface area contributed by atoms with E-state index in [-0.39, 0.29) is 5.78 Å². The highest BCUT2D eigenvalue weighted by atomic mass is 16.6. The maximum absolute atomic E-state index is 12.2. The minimum absolute atomic E-state index is 0.0461. The predicted octanol–water partition coefficient (Wildman–Crippen LogP) is 3.66. The van der Waals surface area contributed by atoms with Crippen molar-refractivity contribution in [2.24, 2.45) is 0 Å². The van der Waals surface area contributed by atoms with Gasteiger partial charge >= 0.3 is 0 Å². The predicted molar refractivity (Wildman–Crippen MR) is 82.0 cm³/mol. The topological polar surface area (TPSA) is 35.5 Å². The Labute approximate surface area is 123 Å². The van der Waals surface area contributed by atoms with E-state index in [0.29, 0.717) is 30.3 Å². The molecule has 2 aromatic rings. The van der Waals surface area contributed by atoms with E-state index in [4.69, 9.17) is 9.47 Å². The molecular weight excluding hydrogens is 264 g/mol. The van der Waals surface area contributed by atoms with Gasteiger partial charge in [0.2, 0.25) is 0 Å². The number of hydrogen-bond acceptors (Lipinski definition) is 3. The molecule has 1 aliphatic heterocycles. The molecule has 2 aromatic carbocycles. The highest BCUT2D eigenvalue weighted by molar-refractivity contribution is 6.07. The quantitative estimate of drug-likeness (QED) is 0.636. The summed E-state index contributed by atoms with van der Waals surface area (Å²) in [6, 6.07) is 13.2. The summed E-state index contributed by atoms with van der Waals surface area (Å²) in [6.45, 7) is 3.09. The Hall–Kier alpha value is -2.55. The number of fused-ring (bicyclic) bond motifs is 1. The fourth-order valence-corrected chi connectivity index (χ4v) is 2.23. The number of carbonyl (C=O) groups excluding carboxylic acids is 1. The molecule has 3 nitrogen and oxygen atoms in total. The van der Waals surface area contributed by atoms with E-state index in [2.05, 4.69) is 0 Å². The molecule has 0 saturated carbocycles. The van der Waals surface area contributed by atoms with E-state index >= 15 is 0 Å². The van der Waals surface area contributed by atoms with Crippen molar-refractivity contribution in [2.45, 2.75) is 6.92 Å². The van der Waals surface area contributed by atoms with Crippen LogP contribution in [0.1, 0.15) is 21.5 Å². The molecule has 0 aliphatic carbocycles. The minimum Gasteiger partial charge on any atom is -0.486 e. The molecule has 106 valence electrons. The fraction of sp³-hybridized carbons (Fsp3) is 0.167. The van der Waals surface area contributed by atoms with Gasteiger partial charge in [-0.1, -0.05) is 30.3 Å². The van der Waals surface area contributed by atoms with Crippen LogP contribution in [0.5, 0.6) is 11.5 Å². The Morgan fingerprint density at radius 1 is 1.05 bits per heavy atom.